The summed E-state index contributed by atoms with van der Waals surface area (Å²) in [5.41, 5.74) is 5.32. The van der Waals surface area contributed by atoms with Crippen molar-refractivity contribution in [2.45, 2.75) is 154 Å². The van der Waals surface area contributed by atoms with Crippen LogP contribution in [0.2, 0.25) is 0 Å². The van der Waals surface area contributed by atoms with Gasteiger partial charge in [-0.05, 0) is 89.9 Å². The second-order valence-corrected chi connectivity index (χ2v) is 15.7. The van der Waals surface area contributed by atoms with E-state index in [1.54, 1.807) is 18.2 Å². The number of unbranched alkanes of at least 4 members (excludes halogenated alkanes) is 7. The number of carbonyl (C=O) groups is 3. The molecule has 2 unspecified atom stereocenters. The number of aliphatic hydroxyl groups excluding tert-OH is 1. The van der Waals surface area contributed by atoms with E-state index in [-0.39, 0.29) is 12.8 Å². The van der Waals surface area contributed by atoms with Gasteiger partial charge in [-0.1, -0.05) is 142 Å². The molecule has 0 bridgehead atoms. The summed E-state index contributed by atoms with van der Waals surface area (Å²) >= 11 is 0. The van der Waals surface area contributed by atoms with E-state index in [4.69, 9.17) is 24.8 Å². The van der Waals surface area contributed by atoms with Crippen molar-refractivity contribution in [3.63, 3.8) is 0 Å². The Morgan fingerprint density at radius 1 is 0.607 bits per heavy atom. The van der Waals surface area contributed by atoms with Crippen LogP contribution in [-0.2, 0) is 37.5 Å². The fourth-order valence-electron chi connectivity index (χ4n) is 5.10. The summed E-state index contributed by atoms with van der Waals surface area (Å²) in [5.74, 6) is -2.59. The van der Waals surface area contributed by atoms with Crippen LogP contribution in [0.5, 0.6) is 0 Å². The molecule has 0 aliphatic rings. The molecule has 13 heteroatoms. The quantitative estimate of drug-likeness (QED) is 0.0150. The zero-order valence-corrected chi connectivity index (χ0v) is 37.7. The van der Waals surface area contributed by atoms with Crippen molar-refractivity contribution in [1.82, 2.24) is 0 Å². The molecular formula is C48H76NO11P. The summed E-state index contributed by atoms with van der Waals surface area (Å²) in [4.78, 5) is 46.0. The first-order valence-electron chi connectivity index (χ1n) is 22.0. The zero-order valence-electron chi connectivity index (χ0n) is 36.8. The molecule has 0 rings (SSSR count). The van der Waals surface area contributed by atoms with E-state index in [1.165, 1.54) is 19.3 Å². The lowest BCUT2D eigenvalue weighted by Crippen LogP contribution is -2.34. The monoisotopic (exact) mass is 874 g/mol. The molecule has 344 valence electrons. The Morgan fingerprint density at radius 3 is 1.72 bits per heavy atom. The summed E-state index contributed by atoms with van der Waals surface area (Å²) < 4.78 is 32.6. The van der Waals surface area contributed by atoms with Crippen molar-refractivity contribution >= 4 is 25.7 Å². The summed E-state index contributed by atoms with van der Waals surface area (Å²) in [6.45, 7) is 2.45. The van der Waals surface area contributed by atoms with Crippen molar-refractivity contribution in [2.24, 2.45) is 5.73 Å². The van der Waals surface area contributed by atoms with E-state index in [2.05, 4.69) is 91.3 Å². The first kappa shape index (κ1) is 57.1. The highest BCUT2D eigenvalue weighted by Gasteiger charge is 2.28. The molecular weight excluding hydrogens is 797 g/mol. The lowest BCUT2D eigenvalue weighted by Gasteiger charge is -2.20. The maximum Gasteiger partial charge on any atom is 0.472 e. The van der Waals surface area contributed by atoms with Crippen LogP contribution in [0.3, 0.4) is 0 Å². The molecule has 0 radical (unpaired) electrons. The van der Waals surface area contributed by atoms with Crippen LogP contribution in [-0.4, -0.2) is 71.1 Å². The van der Waals surface area contributed by atoms with E-state index in [1.807, 2.05) is 18.2 Å². The minimum atomic E-state index is -4.77. The highest BCUT2D eigenvalue weighted by atomic mass is 31.2. The number of carboxylic acids is 1. The SMILES string of the molecule is CC/C=C\C/C=C\C/C=C\C/C=C\C/C=C\CCCCCC(=O)O[C@H](COC(=O)CCC/C=C/C=C\C(O)C/C=C\C/C=C\CCCCC)COP(=O)(O)OC[C@H](N)C(=O)O. The molecule has 0 aromatic carbocycles. The highest BCUT2D eigenvalue weighted by Crippen LogP contribution is 2.43. The number of rotatable bonds is 39. The van der Waals surface area contributed by atoms with E-state index in [9.17, 15) is 28.9 Å². The van der Waals surface area contributed by atoms with Gasteiger partial charge in [0.05, 0.1) is 19.3 Å². The van der Waals surface area contributed by atoms with Gasteiger partial charge in [-0.3, -0.25) is 23.4 Å². The van der Waals surface area contributed by atoms with E-state index < -0.39 is 63.8 Å². The second kappa shape index (κ2) is 41.5. The third-order valence-electron chi connectivity index (χ3n) is 8.59. The van der Waals surface area contributed by atoms with Crippen LogP contribution < -0.4 is 5.73 Å². The first-order valence-corrected chi connectivity index (χ1v) is 23.5. The van der Waals surface area contributed by atoms with Crippen LogP contribution in [0.25, 0.3) is 0 Å². The largest absolute Gasteiger partial charge is 0.480 e. The molecule has 0 fully saturated rings. The maximum absolute atomic E-state index is 12.6. The third kappa shape index (κ3) is 41.2. The fraction of sp³-hybridized carbons (Fsp3) is 0.562. The molecule has 0 aromatic heterocycles. The van der Waals surface area contributed by atoms with Gasteiger partial charge in [-0.2, -0.15) is 0 Å². The topological polar surface area (TPSA) is 192 Å². The van der Waals surface area contributed by atoms with Gasteiger partial charge in [0.1, 0.15) is 12.6 Å². The predicted molar refractivity (Wildman–Crippen MR) is 246 cm³/mol. The van der Waals surface area contributed by atoms with Gasteiger partial charge in [0.2, 0.25) is 0 Å². The molecule has 12 nitrogen and oxygen atoms in total. The van der Waals surface area contributed by atoms with E-state index in [0.29, 0.717) is 25.7 Å². The number of aliphatic carboxylic acids is 1. The van der Waals surface area contributed by atoms with Crippen molar-refractivity contribution in [2.75, 3.05) is 19.8 Å². The van der Waals surface area contributed by atoms with Gasteiger partial charge in [0.25, 0.3) is 0 Å². The number of phosphoric ester groups is 1. The zero-order chi connectivity index (χ0) is 45.1. The molecule has 0 amide bonds. The Hall–Kier alpha value is -3.90. The minimum absolute atomic E-state index is 0.0720. The van der Waals surface area contributed by atoms with Gasteiger partial charge < -0.3 is 30.3 Å². The van der Waals surface area contributed by atoms with Crippen molar-refractivity contribution in [3.05, 3.63) is 109 Å². The number of aliphatic hydroxyl groups is 1. The molecule has 0 heterocycles. The smallest absolute Gasteiger partial charge is 0.472 e. The Kier molecular flexibility index (Phi) is 38.8. The van der Waals surface area contributed by atoms with Crippen molar-refractivity contribution in [3.8, 4) is 0 Å². The molecule has 5 N–H and O–H groups in total. The Labute approximate surface area is 366 Å². The number of carbonyl (C=O) groups excluding carboxylic acids is 2. The lowest BCUT2D eigenvalue weighted by atomic mass is 10.1. The minimum Gasteiger partial charge on any atom is -0.480 e. The third-order valence-corrected chi connectivity index (χ3v) is 9.54. The molecule has 4 atom stereocenters. The van der Waals surface area contributed by atoms with Gasteiger partial charge in [0, 0.05) is 12.8 Å². The van der Waals surface area contributed by atoms with Crippen LogP contribution >= 0.6 is 7.82 Å². The lowest BCUT2D eigenvalue weighted by molar-refractivity contribution is -0.161. The molecule has 0 aliphatic heterocycles. The summed E-state index contributed by atoms with van der Waals surface area (Å²) in [6, 6.07) is -1.55. The van der Waals surface area contributed by atoms with Gasteiger partial charge >= 0.3 is 25.7 Å². The number of carboxylic acid groups (broad SMARTS) is 1. The Bertz CT molecular complexity index is 1460. The number of allylic oxidation sites excluding steroid dienone is 16. The number of hydrogen-bond acceptors (Lipinski definition) is 10. The summed E-state index contributed by atoms with van der Waals surface area (Å²) in [5, 5.41) is 19.0. The predicted octanol–water partition coefficient (Wildman–Crippen LogP) is 10.8. The molecule has 0 spiro atoms. The van der Waals surface area contributed by atoms with Crippen LogP contribution in [0.4, 0.5) is 0 Å². The summed E-state index contributed by atoms with van der Waals surface area (Å²) in [6.07, 6.45) is 50.4. The molecule has 61 heavy (non-hydrogen) atoms. The number of phosphoric acid groups is 1. The Morgan fingerprint density at radius 2 is 1.13 bits per heavy atom. The van der Waals surface area contributed by atoms with Crippen molar-refractivity contribution < 1.29 is 52.6 Å². The average Bonchev–Trinajstić information content (AvgIpc) is 3.23. The number of esters is 2. The molecule has 0 saturated carbocycles. The maximum atomic E-state index is 12.6. The molecule has 0 aliphatic carbocycles. The van der Waals surface area contributed by atoms with Crippen molar-refractivity contribution in [1.29, 1.82) is 0 Å². The first-order chi connectivity index (χ1) is 29.5. The second-order valence-electron chi connectivity index (χ2n) is 14.3. The molecule has 0 saturated heterocycles. The van der Waals surface area contributed by atoms with E-state index >= 15 is 0 Å². The highest BCUT2D eigenvalue weighted by molar-refractivity contribution is 7.47. The number of ether oxygens (including phenoxy) is 2. The summed E-state index contributed by atoms with van der Waals surface area (Å²) in [7, 11) is -4.77. The Balaban J connectivity index is 4.62. The van der Waals surface area contributed by atoms with Crippen LogP contribution in [0.15, 0.2) is 109 Å². The van der Waals surface area contributed by atoms with Gasteiger partial charge in [-0.25, -0.2) is 4.57 Å². The standard InChI is InChI=1S/C48H76NO11P/c1-3-5-7-9-11-13-14-15-16-17-18-19-20-21-22-24-26-30-35-39-47(52)60-44(41-58-61(55,56)59-42-45(49)48(53)54)40-57-46(51)38-34-31-27-29-33-37-43(50)36-32-28-25-23-12-10-8-6-4-2/h5,7,11-13,15-16,18-19,21-23,27-29,32-33,37,43-45,50H,3-4,6,8-10,14,17,20,24-26,30-31,34-36,38-42,49H2,1-2H3,(H,53,54)(H,55,56)/b7-5-,13-11-,16-15-,19-18-,22-21-,23-12-,29-27+,32-28-,37-33-/t43?,44-,45+/m1/s1. The van der Waals surface area contributed by atoms with Crippen LogP contribution in [0, 0.1) is 0 Å². The van der Waals surface area contributed by atoms with Crippen LogP contribution in [0.1, 0.15) is 136 Å². The fourth-order valence-corrected chi connectivity index (χ4v) is 5.88. The average molecular weight is 874 g/mol. The molecule has 0 aromatic rings. The number of nitrogens with two attached hydrogens (primary N) is 1. The number of hydrogen-bond donors (Lipinski definition) is 4. The normalized spacial score (nSPS) is 15.2. The van der Waals surface area contributed by atoms with Gasteiger partial charge in [0.15, 0.2) is 6.10 Å². The van der Waals surface area contributed by atoms with Gasteiger partial charge in [-0.15, -0.1) is 0 Å². The van der Waals surface area contributed by atoms with E-state index in [0.717, 1.165) is 64.2 Å².